The molecule has 2 heterocycles. The van der Waals surface area contributed by atoms with Gasteiger partial charge in [0.2, 0.25) is 5.91 Å². The van der Waals surface area contributed by atoms with Crippen LogP contribution in [0, 0.1) is 13.8 Å². The largest absolute Gasteiger partial charge is 0.465 e. The minimum atomic E-state index is -0.987. The van der Waals surface area contributed by atoms with E-state index < -0.39 is 11.4 Å². The summed E-state index contributed by atoms with van der Waals surface area (Å²) >= 11 is 1.30. The molecule has 0 spiro atoms. The number of ether oxygens (including phenoxy) is 1. The topological polar surface area (TPSA) is 55.4 Å². The third-order valence-electron chi connectivity index (χ3n) is 5.11. The monoisotopic (exact) mass is 377 g/mol. The van der Waals surface area contributed by atoms with Crippen molar-refractivity contribution in [1.29, 1.82) is 0 Å². The second-order valence-corrected chi connectivity index (χ2v) is 7.66. The summed E-state index contributed by atoms with van der Waals surface area (Å²) in [7, 11) is 1.35. The van der Waals surface area contributed by atoms with E-state index >= 15 is 0 Å². The molecule has 0 unspecified atom stereocenters. The number of aryl methyl sites for hydroxylation is 2. The summed E-state index contributed by atoms with van der Waals surface area (Å²) in [6.45, 7) is 4.03. The molecule has 5 heteroatoms. The lowest BCUT2D eigenvalue weighted by atomic mass is 9.71. The first-order chi connectivity index (χ1) is 13.0. The quantitative estimate of drug-likeness (QED) is 0.687. The van der Waals surface area contributed by atoms with Crippen LogP contribution in [0.5, 0.6) is 0 Å². The van der Waals surface area contributed by atoms with Gasteiger partial charge in [0.05, 0.1) is 12.8 Å². The summed E-state index contributed by atoms with van der Waals surface area (Å²) in [5, 5.41) is 4.84. The van der Waals surface area contributed by atoms with Gasteiger partial charge in [-0.15, -0.1) is 11.3 Å². The summed E-state index contributed by atoms with van der Waals surface area (Å²) in [4.78, 5) is 26.0. The van der Waals surface area contributed by atoms with Crippen LogP contribution in [0.1, 0.15) is 37.5 Å². The Morgan fingerprint density at radius 3 is 1.96 bits per heavy atom. The molecule has 3 aromatic rings. The van der Waals surface area contributed by atoms with Crippen LogP contribution in [0.4, 0.5) is 5.69 Å². The third kappa shape index (κ3) is 2.50. The molecule has 27 heavy (non-hydrogen) atoms. The molecule has 0 radical (unpaired) electrons. The maximum atomic E-state index is 13.4. The lowest BCUT2D eigenvalue weighted by Crippen LogP contribution is -2.37. The molecular weight excluding hydrogens is 358 g/mol. The maximum Gasteiger partial charge on any atom is 0.350 e. The number of amides is 1. The Labute approximate surface area is 161 Å². The van der Waals surface area contributed by atoms with E-state index in [-0.39, 0.29) is 5.91 Å². The molecule has 0 saturated carbocycles. The van der Waals surface area contributed by atoms with Gasteiger partial charge in [-0.1, -0.05) is 59.7 Å². The molecule has 1 aliphatic heterocycles. The van der Waals surface area contributed by atoms with Gasteiger partial charge in [0.25, 0.3) is 0 Å². The van der Waals surface area contributed by atoms with Crippen LogP contribution >= 0.6 is 11.3 Å². The van der Waals surface area contributed by atoms with Crippen LogP contribution in [0.25, 0.3) is 0 Å². The van der Waals surface area contributed by atoms with Crippen molar-refractivity contribution >= 4 is 28.9 Å². The fraction of sp³-hybridized carbons (Fsp3) is 0.182. The molecule has 4 nitrogen and oxygen atoms in total. The first-order valence-electron chi connectivity index (χ1n) is 8.64. The number of methoxy groups -OCH3 is 1. The Kier molecular flexibility index (Phi) is 4.12. The Bertz CT molecular complexity index is 987. The minimum absolute atomic E-state index is 0.154. The van der Waals surface area contributed by atoms with Crippen LogP contribution in [-0.2, 0) is 14.9 Å². The van der Waals surface area contributed by atoms with Crippen LogP contribution in [-0.4, -0.2) is 19.0 Å². The number of thiophene rings is 1. The molecule has 0 fully saturated rings. The van der Waals surface area contributed by atoms with Gasteiger partial charge in [-0.2, -0.15) is 0 Å². The molecule has 1 aromatic heterocycles. The van der Waals surface area contributed by atoms with Gasteiger partial charge in [-0.3, -0.25) is 4.79 Å². The van der Waals surface area contributed by atoms with Crippen LogP contribution in [0.3, 0.4) is 0 Å². The predicted molar refractivity (Wildman–Crippen MR) is 107 cm³/mol. The van der Waals surface area contributed by atoms with Gasteiger partial charge in [-0.25, -0.2) is 4.79 Å². The molecule has 0 atom stereocenters. The molecule has 0 aliphatic carbocycles. The van der Waals surface area contributed by atoms with Crippen LogP contribution in [0.2, 0.25) is 0 Å². The molecular formula is C22H19NO3S. The highest BCUT2D eigenvalue weighted by Crippen LogP contribution is 2.51. The second kappa shape index (κ2) is 6.35. The molecule has 4 rings (SSSR count). The fourth-order valence-corrected chi connectivity index (χ4v) is 4.67. The summed E-state index contributed by atoms with van der Waals surface area (Å²) in [5.41, 5.74) is 4.36. The zero-order valence-electron chi connectivity index (χ0n) is 15.3. The average molecular weight is 377 g/mol. The Morgan fingerprint density at radius 2 is 1.48 bits per heavy atom. The molecule has 136 valence electrons. The van der Waals surface area contributed by atoms with Crippen molar-refractivity contribution in [1.82, 2.24) is 0 Å². The predicted octanol–water partition coefficient (Wildman–Crippen LogP) is 4.44. The van der Waals surface area contributed by atoms with Crippen molar-refractivity contribution in [3.05, 3.63) is 86.6 Å². The van der Waals surface area contributed by atoms with Gasteiger partial charge in [0.1, 0.15) is 10.3 Å². The molecule has 0 saturated heterocycles. The van der Waals surface area contributed by atoms with Crippen molar-refractivity contribution < 1.29 is 14.3 Å². The number of carbonyl (C=O) groups excluding carboxylic acids is 2. The van der Waals surface area contributed by atoms with E-state index in [1.807, 2.05) is 67.8 Å². The number of rotatable bonds is 3. The molecule has 1 aliphatic rings. The van der Waals surface area contributed by atoms with Crippen LogP contribution < -0.4 is 5.32 Å². The summed E-state index contributed by atoms with van der Waals surface area (Å²) < 4.78 is 4.89. The molecule has 2 aromatic carbocycles. The highest BCUT2D eigenvalue weighted by Gasteiger charge is 2.51. The molecule has 1 N–H and O–H groups in total. The lowest BCUT2D eigenvalue weighted by molar-refractivity contribution is -0.118. The van der Waals surface area contributed by atoms with E-state index in [0.29, 0.717) is 10.6 Å². The lowest BCUT2D eigenvalue weighted by Gasteiger charge is -2.28. The minimum Gasteiger partial charge on any atom is -0.465 e. The van der Waals surface area contributed by atoms with Gasteiger partial charge in [-0.05, 0) is 30.4 Å². The highest BCUT2D eigenvalue weighted by atomic mass is 32.1. The first-order valence-corrected chi connectivity index (χ1v) is 9.52. The number of hydrogen-bond acceptors (Lipinski definition) is 4. The van der Waals surface area contributed by atoms with E-state index in [0.717, 1.165) is 27.8 Å². The maximum absolute atomic E-state index is 13.4. The smallest absolute Gasteiger partial charge is 0.350 e. The zero-order valence-corrected chi connectivity index (χ0v) is 16.1. The van der Waals surface area contributed by atoms with E-state index in [4.69, 9.17) is 4.74 Å². The van der Waals surface area contributed by atoms with Gasteiger partial charge >= 0.3 is 5.97 Å². The highest BCUT2D eigenvalue weighted by molar-refractivity contribution is 7.13. The Balaban J connectivity index is 2.02. The van der Waals surface area contributed by atoms with E-state index in [1.165, 1.54) is 18.4 Å². The van der Waals surface area contributed by atoms with E-state index in [1.54, 1.807) is 0 Å². The second-order valence-electron chi connectivity index (χ2n) is 6.78. The van der Waals surface area contributed by atoms with E-state index in [2.05, 4.69) is 5.32 Å². The number of anilines is 1. The zero-order chi connectivity index (χ0) is 19.2. The number of hydrogen-bond donors (Lipinski definition) is 1. The SMILES string of the molecule is COC(=O)c1scc2c1NC(=O)C2(c1ccc(C)cc1)c1ccc(C)cc1. The average Bonchev–Trinajstić information content (AvgIpc) is 3.20. The number of benzene rings is 2. The number of carbonyl (C=O) groups is 2. The van der Waals surface area contributed by atoms with E-state index in [9.17, 15) is 9.59 Å². The normalized spacial score (nSPS) is 14.6. The number of fused-ring (bicyclic) bond motifs is 1. The number of esters is 1. The Morgan fingerprint density at radius 1 is 0.963 bits per heavy atom. The molecule has 1 amide bonds. The van der Waals surface area contributed by atoms with Crippen molar-refractivity contribution in [3.63, 3.8) is 0 Å². The fourth-order valence-electron chi connectivity index (χ4n) is 3.68. The van der Waals surface area contributed by atoms with Gasteiger partial charge in [0, 0.05) is 5.56 Å². The number of nitrogens with one attached hydrogen (secondary N) is 1. The van der Waals surface area contributed by atoms with Gasteiger partial charge in [0.15, 0.2) is 0 Å². The summed E-state index contributed by atoms with van der Waals surface area (Å²) in [5.74, 6) is -0.594. The van der Waals surface area contributed by atoms with Crippen molar-refractivity contribution in [2.45, 2.75) is 19.3 Å². The Hall–Kier alpha value is -2.92. The third-order valence-corrected chi connectivity index (χ3v) is 6.07. The van der Waals surface area contributed by atoms with Gasteiger partial charge < -0.3 is 10.1 Å². The first kappa shape index (κ1) is 17.5. The van der Waals surface area contributed by atoms with Crippen molar-refractivity contribution in [2.75, 3.05) is 12.4 Å². The summed E-state index contributed by atoms with van der Waals surface area (Å²) in [6.07, 6.45) is 0. The van der Waals surface area contributed by atoms with Crippen LogP contribution in [0.15, 0.2) is 53.9 Å². The summed E-state index contributed by atoms with van der Waals surface area (Å²) in [6, 6.07) is 16.0. The van der Waals surface area contributed by atoms with Crippen molar-refractivity contribution in [2.24, 2.45) is 0 Å². The standard InChI is InChI=1S/C22H19NO3S/c1-13-4-8-15(9-5-13)22(16-10-6-14(2)7-11-16)17-12-27-19(20(24)26-3)18(17)23-21(22)25/h4-12H,1-3H3,(H,23,25). The van der Waals surface area contributed by atoms with Crippen molar-refractivity contribution in [3.8, 4) is 0 Å². The molecule has 0 bridgehead atoms.